The van der Waals surface area contributed by atoms with E-state index in [2.05, 4.69) is 24.2 Å². The second-order valence-corrected chi connectivity index (χ2v) is 4.75. The van der Waals surface area contributed by atoms with Crippen LogP contribution in [-0.2, 0) is 4.74 Å². The number of amides is 1. The summed E-state index contributed by atoms with van der Waals surface area (Å²) in [6.45, 7) is 7.07. The van der Waals surface area contributed by atoms with Crippen LogP contribution in [0.2, 0.25) is 0 Å². The summed E-state index contributed by atoms with van der Waals surface area (Å²) < 4.78 is 10.9. The highest BCUT2D eigenvalue weighted by Crippen LogP contribution is 2.17. The molecule has 118 valence electrons. The van der Waals surface area contributed by atoms with Gasteiger partial charge in [-0.1, -0.05) is 19.1 Å². The van der Waals surface area contributed by atoms with Gasteiger partial charge in [0.25, 0.3) is 5.91 Å². The van der Waals surface area contributed by atoms with Crippen molar-refractivity contribution in [1.29, 1.82) is 0 Å². The van der Waals surface area contributed by atoms with Crippen LogP contribution in [0.15, 0.2) is 24.3 Å². The maximum absolute atomic E-state index is 11.6. The summed E-state index contributed by atoms with van der Waals surface area (Å²) in [7, 11) is 1.70. The lowest BCUT2D eigenvalue weighted by molar-refractivity contribution is 0.0904. The smallest absolute Gasteiger partial charge is 0.268 e. The summed E-state index contributed by atoms with van der Waals surface area (Å²) in [5, 5.41) is 0. The molecule has 1 amide bonds. The number of rotatable bonds is 9. The molecular formula is C15H25N3O3. The van der Waals surface area contributed by atoms with Gasteiger partial charge in [0.15, 0.2) is 0 Å². The zero-order valence-electron chi connectivity index (χ0n) is 13.0. The molecule has 3 N–H and O–H groups in total. The highest BCUT2D eigenvalue weighted by atomic mass is 16.5. The number of nitrogens with zero attached hydrogens (tertiary/aromatic N) is 1. The zero-order chi connectivity index (χ0) is 15.7. The quantitative estimate of drug-likeness (QED) is 0.404. The van der Waals surface area contributed by atoms with Crippen molar-refractivity contribution in [2.75, 3.05) is 33.4 Å². The number of hydrogen-bond donors (Lipinski definition) is 2. The van der Waals surface area contributed by atoms with E-state index in [9.17, 15) is 4.79 Å². The van der Waals surface area contributed by atoms with Gasteiger partial charge in [-0.15, -0.1) is 0 Å². The molecule has 1 rings (SSSR count). The molecule has 0 fully saturated rings. The van der Waals surface area contributed by atoms with Gasteiger partial charge < -0.3 is 9.47 Å². The lowest BCUT2D eigenvalue weighted by Crippen LogP contribution is -2.39. The number of nitrogens with one attached hydrogen (secondary N) is 1. The molecule has 21 heavy (non-hydrogen) atoms. The minimum absolute atomic E-state index is 0.325. The van der Waals surface area contributed by atoms with E-state index < -0.39 is 0 Å². The Morgan fingerprint density at radius 2 is 2.14 bits per heavy atom. The maximum atomic E-state index is 11.6. The second kappa shape index (κ2) is 9.33. The van der Waals surface area contributed by atoms with Crippen molar-refractivity contribution in [3.63, 3.8) is 0 Å². The Kier molecular flexibility index (Phi) is 7.74. The number of para-hydroxylation sites is 1. The monoisotopic (exact) mass is 295 g/mol. The van der Waals surface area contributed by atoms with E-state index in [1.165, 1.54) is 0 Å². The van der Waals surface area contributed by atoms with Crippen molar-refractivity contribution in [3.05, 3.63) is 29.8 Å². The summed E-state index contributed by atoms with van der Waals surface area (Å²) >= 11 is 0. The molecule has 0 aliphatic carbocycles. The number of ether oxygens (including phenoxy) is 2. The van der Waals surface area contributed by atoms with E-state index in [4.69, 9.17) is 15.3 Å². The number of hydrogen-bond acceptors (Lipinski definition) is 5. The Labute approximate surface area is 126 Å². The second-order valence-electron chi connectivity index (χ2n) is 4.75. The third-order valence-corrected chi connectivity index (χ3v) is 3.34. The van der Waals surface area contributed by atoms with Crippen molar-refractivity contribution in [1.82, 2.24) is 10.3 Å². The molecular weight excluding hydrogens is 270 g/mol. The number of carbonyl (C=O) groups excluding carboxylic acids is 1. The first-order valence-corrected chi connectivity index (χ1v) is 7.09. The van der Waals surface area contributed by atoms with E-state index in [0.717, 1.165) is 13.1 Å². The number of likely N-dealkylation sites (N-methyl/N-ethyl adjacent to an activating group) is 1. The standard InChI is InChI=1S/C15H25N3O3/c1-4-18(12(2)11-20-3)9-10-21-14-8-6-5-7-13(14)15(19)17-16/h5-8,12H,4,9-11,16H2,1-3H3,(H,17,19). The van der Waals surface area contributed by atoms with Crippen LogP contribution >= 0.6 is 0 Å². The van der Waals surface area contributed by atoms with E-state index >= 15 is 0 Å². The van der Waals surface area contributed by atoms with Gasteiger partial charge in [-0.25, -0.2) is 5.84 Å². The lowest BCUT2D eigenvalue weighted by Gasteiger charge is -2.27. The summed E-state index contributed by atoms with van der Waals surface area (Å²) in [5.41, 5.74) is 2.56. The van der Waals surface area contributed by atoms with Crippen LogP contribution in [0.25, 0.3) is 0 Å². The fourth-order valence-electron chi connectivity index (χ4n) is 2.17. The SMILES string of the molecule is CCN(CCOc1ccccc1C(=O)NN)C(C)COC. The third-order valence-electron chi connectivity index (χ3n) is 3.34. The van der Waals surface area contributed by atoms with Gasteiger partial charge in [0.05, 0.1) is 12.2 Å². The fraction of sp³-hybridized carbons (Fsp3) is 0.533. The molecule has 6 nitrogen and oxygen atoms in total. The molecule has 0 saturated heterocycles. The number of nitrogen functional groups attached to an aromatic ring is 1. The van der Waals surface area contributed by atoms with E-state index in [0.29, 0.717) is 30.6 Å². The first kappa shape index (κ1) is 17.4. The van der Waals surface area contributed by atoms with E-state index in [1.807, 2.05) is 6.07 Å². The van der Waals surface area contributed by atoms with Crippen molar-refractivity contribution in [2.45, 2.75) is 19.9 Å². The molecule has 0 saturated carbocycles. The highest BCUT2D eigenvalue weighted by Gasteiger charge is 2.13. The van der Waals surface area contributed by atoms with Gasteiger partial charge in [-0.05, 0) is 25.6 Å². The Hall–Kier alpha value is -1.63. The minimum atomic E-state index is -0.356. The molecule has 6 heteroatoms. The van der Waals surface area contributed by atoms with Crippen LogP contribution in [0.1, 0.15) is 24.2 Å². The van der Waals surface area contributed by atoms with E-state index in [-0.39, 0.29) is 5.91 Å². The molecule has 0 heterocycles. The van der Waals surface area contributed by atoms with Gasteiger partial charge in [0, 0.05) is 19.7 Å². The number of nitrogens with two attached hydrogens (primary N) is 1. The van der Waals surface area contributed by atoms with Crippen LogP contribution in [-0.4, -0.2) is 50.3 Å². The van der Waals surface area contributed by atoms with Crippen LogP contribution in [0, 0.1) is 0 Å². The Balaban J connectivity index is 2.57. The summed E-state index contributed by atoms with van der Waals surface area (Å²) in [6.07, 6.45) is 0. The predicted molar refractivity (Wildman–Crippen MR) is 82.2 cm³/mol. The van der Waals surface area contributed by atoms with Gasteiger partial charge in [-0.2, -0.15) is 0 Å². The molecule has 0 spiro atoms. The van der Waals surface area contributed by atoms with Crippen molar-refractivity contribution in [3.8, 4) is 5.75 Å². The number of methoxy groups -OCH3 is 1. The summed E-state index contributed by atoms with van der Waals surface area (Å²) in [4.78, 5) is 13.9. The minimum Gasteiger partial charge on any atom is -0.491 e. The molecule has 0 aliphatic heterocycles. The third kappa shape index (κ3) is 5.34. The van der Waals surface area contributed by atoms with Crippen LogP contribution in [0.4, 0.5) is 0 Å². The maximum Gasteiger partial charge on any atom is 0.268 e. The first-order chi connectivity index (χ1) is 10.1. The Bertz CT molecular complexity index is 440. The molecule has 0 radical (unpaired) electrons. The molecule has 1 aromatic carbocycles. The lowest BCUT2D eigenvalue weighted by atomic mass is 10.2. The largest absolute Gasteiger partial charge is 0.491 e. The predicted octanol–water partition coefficient (Wildman–Crippen LogP) is 1.03. The molecule has 0 bridgehead atoms. The molecule has 1 atom stereocenters. The topological polar surface area (TPSA) is 76.8 Å². The number of carbonyl (C=O) groups is 1. The Morgan fingerprint density at radius 1 is 1.43 bits per heavy atom. The Morgan fingerprint density at radius 3 is 2.76 bits per heavy atom. The van der Waals surface area contributed by atoms with Gasteiger partial charge in [0.1, 0.15) is 12.4 Å². The highest BCUT2D eigenvalue weighted by molar-refractivity contribution is 5.96. The van der Waals surface area contributed by atoms with Crippen molar-refractivity contribution >= 4 is 5.91 Å². The van der Waals surface area contributed by atoms with Crippen molar-refractivity contribution in [2.24, 2.45) is 5.84 Å². The molecule has 1 aromatic rings. The average Bonchev–Trinajstić information content (AvgIpc) is 2.51. The average molecular weight is 295 g/mol. The molecule has 1 unspecified atom stereocenters. The van der Waals surface area contributed by atoms with Gasteiger partial charge in [-0.3, -0.25) is 15.1 Å². The van der Waals surface area contributed by atoms with Gasteiger partial charge in [0.2, 0.25) is 0 Å². The van der Waals surface area contributed by atoms with Crippen LogP contribution < -0.4 is 16.0 Å². The summed E-state index contributed by atoms with van der Waals surface area (Å²) in [5.74, 6) is 5.35. The van der Waals surface area contributed by atoms with Crippen LogP contribution in [0.3, 0.4) is 0 Å². The number of benzene rings is 1. The molecule has 0 aromatic heterocycles. The normalized spacial score (nSPS) is 12.2. The zero-order valence-corrected chi connectivity index (χ0v) is 13.0. The first-order valence-electron chi connectivity index (χ1n) is 7.09. The number of hydrazine groups is 1. The van der Waals surface area contributed by atoms with E-state index in [1.54, 1.807) is 25.3 Å². The van der Waals surface area contributed by atoms with Crippen molar-refractivity contribution < 1.29 is 14.3 Å². The van der Waals surface area contributed by atoms with Crippen LogP contribution in [0.5, 0.6) is 5.75 Å². The summed E-state index contributed by atoms with van der Waals surface area (Å²) in [6, 6.07) is 7.37. The molecule has 0 aliphatic rings. The fourth-order valence-corrected chi connectivity index (χ4v) is 2.17. The van der Waals surface area contributed by atoms with Gasteiger partial charge >= 0.3 is 0 Å².